The Bertz CT molecular complexity index is 377. The molecule has 2 rings (SSSR count). The minimum absolute atomic E-state index is 0.513. The molecule has 0 aromatic heterocycles. The van der Waals surface area contributed by atoms with Gasteiger partial charge in [0.2, 0.25) is 0 Å². The second-order valence-corrected chi connectivity index (χ2v) is 7.10. The van der Waals surface area contributed by atoms with Gasteiger partial charge >= 0.3 is 0 Å². The number of hydrogen-bond acceptors (Lipinski definition) is 0. The molecule has 18 heavy (non-hydrogen) atoms. The lowest BCUT2D eigenvalue weighted by atomic mass is 9.76. The maximum Gasteiger partial charge on any atom is -0.0123 e. The molecule has 3 unspecified atom stereocenters. The first-order valence-electron chi connectivity index (χ1n) is 7.61. The third-order valence-corrected chi connectivity index (χ3v) is 4.60. The standard InChI is InChI=1S/C18H28/c1-5-11-18(3,4)13-16-10-9-14(2)7-6-8-15-12-17(15)16/h7-9,15-17H,5,10-13H2,1-4H3. The smallest absolute Gasteiger partial charge is 0.0123 e. The molecule has 0 amide bonds. The molecule has 0 aromatic carbocycles. The van der Waals surface area contributed by atoms with Crippen LogP contribution in [0.2, 0.25) is 0 Å². The van der Waals surface area contributed by atoms with Gasteiger partial charge in [-0.3, -0.25) is 0 Å². The molecule has 0 aliphatic heterocycles. The molecule has 0 spiro atoms. The first kappa shape index (κ1) is 13.7. The number of allylic oxidation sites excluding steroid dienone is 3. The van der Waals surface area contributed by atoms with Crippen molar-refractivity contribution in [3.8, 4) is 0 Å². The number of rotatable bonds is 4. The largest absolute Gasteiger partial charge is 0.125 e. The predicted molar refractivity (Wildman–Crippen MR) is 79.4 cm³/mol. The van der Waals surface area contributed by atoms with Crippen LogP contribution in [-0.2, 0) is 0 Å². The van der Waals surface area contributed by atoms with Gasteiger partial charge in [0.05, 0.1) is 0 Å². The molecule has 0 heterocycles. The summed E-state index contributed by atoms with van der Waals surface area (Å²) in [7, 11) is 0. The van der Waals surface area contributed by atoms with Crippen molar-refractivity contribution in [3.05, 3.63) is 29.5 Å². The molecular weight excluding hydrogens is 216 g/mol. The molecule has 0 aromatic rings. The summed E-state index contributed by atoms with van der Waals surface area (Å²) in [4.78, 5) is 0. The van der Waals surface area contributed by atoms with Gasteiger partial charge in [-0.05, 0) is 73.5 Å². The Labute approximate surface area is 113 Å². The summed E-state index contributed by atoms with van der Waals surface area (Å²) in [6, 6.07) is 0. The van der Waals surface area contributed by atoms with E-state index >= 15 is 0 Å². The molecule has 0 N–H and O–H groups in total. The van der Waals surface area contributed by atoms with E-state index in [-0.39, 0.29) is 0 Å². The van der Waals surface area contributed by atoms with Gasteiger partial charge in [0.25, 0.3) is 0 Å². The number of fused-ring (bicyclic) bond motifs is 1. The van der Waals surface area contributed by atoms with Crippen LogP contribution in [0.5, 0.6) is 0 Å². The molecule has 0 nitrogen and oxygen atoms in total. The van der Waals surface area contributed by atoms with E-state index in [2.05, 4.69) is 51.7 Å². The van der Waals surface area contributed by atoms with Crippen LogP contribution >= 0.6 is 0 Å². The first-order valence-corrected chi connectivity index (χ1v) is 7.61. The average Bonchev–Trinajstić information content (AvgIpc) is 3.02. The molecule has 3 atom stereocenters. The van der Waals surface area contributed by atoms with Gasteiger partial charge in [0, 0.05) is 0 Å². The second-order valence-electron chi connectivity index (χ2n) is 7.10. The van der Waals surface area contributed by atoms with E-state index in [4.69, 9.17) is 0 Å². The monoisotopic (exact) mass is 244 g/mol. The lowest BCUT2D eigenvalue weighted by molar-refractivity contribution is 0.226. The maximum absolute atomic E-state index is 3.36. The normalized spacial score (nSPS) is 31.1. The Morgan fingerprint density at radius 1 is 1.39 bits per heavy atom. The fourth-order valence-corrected chi connectivity index (χ4v) is 3.57. The summed E-state index contributed by atoms with van der Waals surface area (Å²) in [5, 5.41) is 0. The highest BCUT2D eigenvalue weighted by molar-refractivity contribution is 5.19. The second kappa shape index (κ2) is 5.49. The molecule has 0 saturated heterocycles. The van der Waals surface area contributed by atoms with Crippen LogP contribution in [0.1, 0.15) is 59.8 Å². The van der Waals surface area contributed by atoms with Gasteiger partial charge in [-0.2, -0.15) is 0 Å². The molecule has 0 bridgehead atoms. The van der Waals surface area contributed by atoms with E-state index < -0.39 is 0 Å². The zero-order valence-electron chi connectivity index (χ0n) is 12.5. The Hall–Kier alpha value is -0.740. The van der Waals surface area contributed by atoms with E-state index in [1.165, 1.54) is 37.7 Å². The maximum atomic E-state index is 3.36. The van der Waals surface area contributed by atoms with Crippen molar-refractivity contribution < 1.29 is 0 Å². The molecule has 1 saturated carbocycles. The van der Waals surface area contributed by atoms with Crippen molar-refractivity contribution in [2.75, 3.05) is 0 Å². The molecular formula is C18H28. The summed E-state index contributed by atoms with van der Waals surface area (Å²) in [5.41, 5.74) is 5.25. The summed E-state index contributed by atoms with van der Waals surface area (Å²) >= 11 is 0. The van der Waals surface area contributed by atoms with Crippen molar-refractivity contribution in [1.82, 2.24) is 0 Å². The lowest BCUT2D eigenvalue weighted by Crippen LogP contribution is -2.18. The summed E-state index contributed by atoms with van der Waals surface area (Å²) in [5.74, 6) is 2.64. The van der Waals surface area contributed by atoms with Gasteiger partial charge < -0.3 is 0 Å². The van der Waals surface area contributed by atoms with E-state index in [0.717, 1.165) is 17.8 Å². The Morgan fingerprint density at radius 3 is 2.89 bits per heavy atom. The summed E-state index contributed by atoms with van der Waals surface area (Å²) < 4.78 is 0. The molecule has 1 fully saturated rings. The molecule has 0 radical (unpaired) electrons. The number of hydrogen-bond donors (Lipinski definition) is 0. The van der Waals surface area contributed by atoms with Crippen LogP contribution in [0.25, 0.3) is 0 Å². The van der Waals surface area contributed by atoms with Crippen LogP contribution in [0, 0.1) is 23.2 Å². The zero-order chi connectivity index (χ0) is 13.2. The highest BCUT2D eigenvalue weighted by atomic mass is 14.5. The van der Waals surface area contributed by atoms with Crippen LogP contribution in [-0.4, -0.2) is 0 Å². The Balaban J connectivity index is 2.05. The van der Waals surface area contributed by atoms with Gasteiger partial charge in [-0.1, -0.05) is 33.3 Å². The van der Waals surface area contributed by atoms with E-state index in [1.807, 2.05) is 0 Å². The van der Waals surface area contributed by atoms with Crippen molar-refractivity contribution in [2.45, 2.75) is 59.8 Å². The lowest BCUT2D eigenvalue weighted by Gasteiger charge is -2.29. The van der Waals surface area contributed by atoms with E-state index in [0.29, 0.717) is 5.41 Å². The van der Waals surface area contributed by atoms with Gasteiger partial charge in [-0.15, -0.1) is 5.73 Å². The van der Waals surface area contributed by atoms with Crippen LogP contribution in [0.4, 0.5) is 0 Å². The Kier molecular flexibility index (Phi) is 4.17. The van der Waals surface area contributed by atoms with Gasteiger partial charge in [0.15, 0.2) is 0 Å². The van der Waals surface area contributed by atoms with Crippen molar-refractivity contribution in [2.24, 2.45) is 23.2 Å². The third-order valence-electron chi connectivity index (χ3n) is 4.60. The average molecular weight is 244 g/mol. The topological polar surface area (TPSA) is 0 Å². The highest BCUT2D eigenvalue weighted by Gasteiger charge is 2.42. The zero-order valence-corrected chi connectivity index (χ0v) is 12.5. The molecule has 100 valence electrons. The van der Waals surface area contributed by atoms with Gasteiger partial charge in [-0.25, -0.2) is 0 Å². The fourth-order valence-electron chi connectivity index (χ4n) is 3.57. The Morgan fingerprint density at radius 2 is 2.17 bits per heavy atom. The fraction of sp³-hybridized carbons (Fsp3) is 0.722. The molecule has 2 aliphatic carbocycles. The minimum Gasteiger partial charge on any atom is -0.125 e. The quantitative estimate of drug-likeness (QED) is 0.571. The van der Waals surface area contributed by atoms with Crippen LogP contribution in [0.15, 0.2) is 29.5 Å². The van der Waals surface area contributed by atoms with Crippen LogP contribution < -0.4 is 0 Å². The van der Waals surface area contributed by atoms with Crippen molar-refractivity contribution >= 4 is 0 Å². The molecule has 2 aliphatic rings. The summed E-state index contributed by atoms with van der Waals surface area (Å²) in [6.07, 6.45) is 13.6. The summed E-state index contributed by atoms with van der Waals surface area (Å²) in [6.45, 7) is 9.41. The molecule has 0 heteroatoms. The van der Waals surface area contributed by atoms with Crippen molar-refractivity contribution in [3.63, 3.8) is 0 Å². The van der Waals surface area contributed by atoms with E-state index in [9.17, 15) is 0 Å². The van der Waals surface area contributed by atoms with E-state index in [1.54, 1.807) is 0 Å². The van der Waals surface area contributed by atoms with Crippen molar-refractivity contribution in [1.29, 1.82) is 0 Å². The first-order chi connectivity index (χ1) is 8.52. The predicted octanol–water partition coefficient (Wildman–Crippen LogP) is 5.52. The SMILES string of the molecule is CCCC(C)(C)CC1CC=C(C)C=C=CC2CC21. The minimum atomic E-state index is 0.513. The van der Waals surface area contributed by atoms with Crippen LogP contribution in [0.3, 0.4) is 0 Å². The van der Waals surface area contributed by atoms with Gasteiger partial charge in [0.1, 0.15) is 0 Å². The third kappa shape index (κ3) is 3.62. The highest BCUT2D eigenvalue weighted by Crippen LogP contribution is 2.51.